The van der Waals surface area contributed by atoms with Crippen LogP contribution in [0.25, 0.3) is 0 Å². The summed E-state index contributed by atoms with van der Waals surface area (Å²) in [4.78, 5) is 11.8. The van der Waals surface area contributed by atoms with Gasteiger partial charge in [-0.05, 0) is 37.0 Å². The minimum Gasteiger partial charge on any atom is -0.493 e. The molecule has 2 amide bonds. The lowest BCUT2D eigenvalue weighted by Gasteiger charge is -2.15. The van der Waals surface area contributed by atoms with Gasteiger partial charge in [-0.15, -0.1) is 0 Å². The van der Waals surface area contributed by atoms with Crippen LogP contribution in [-0.2, 0) is 6.42 Å². The number of carbonyl (C=O) groups is 1. The molecule has 6 nitrogen and oxygen atoms in total. The van der Waals surface area contributed by atoms with Gasteiger partial charge in [-0.1, -0.05) is 12.8 Å². The Balaban J connectivity index is 1.88. The Kier molecular flexibility index (Phi) is 6.38. The van der Waals surface area contributed by atoms with E-state index in [-0.39, 0.29) is 6.03 Å². The number of rotatable bonds is 7. The number of hydrogen-bond acceptors (Lipinski definition) is 4. The molecule has 128 valence electrons. The lowest BCUT2D eigenvalue weighted by molar-refractivity contribution is 0.237. The van der Waals surface area contributed by atoms with Crippen molar-refractivity contribution in [2.45, 2.75) is 38.1 Å². The third kappa shape index (κ3) is 4.68. The normalized spacial score (nSPS) is 14.4. The quantitative estimate of drug-likeness (QED) is 0.809. The van der Waals surface area contributed by atoms with Crippen LogP contribution in [0, 0.1) is 0 Å². The summed E-state index contributed by atoms with van der Waals surface area (Å²) < 4.78 is 16.0. The van der Waals surface area contributed by atoms with E-state index < -0.39 is 0 Å². The van der Waals surface area contributed by atoms with Crippen LogP contribution in [0.2, 0.25) is 0 Å². The van der Waals surface area contributed by atoms with Crippen LogP contribution in [0.15, 0.2) is 12.1 Å². The summed E-state index contributed by atoms with van der Waals surface area (Å²) in [5, 5.41) is 5.91. The molecule has 0 unspecified atom stereocenters. The maximum absolute atomic E-state index is 11.8. The fourth-order valence-electron chi connectivity index (χ4n) is 2.91. The van der Waals surface area contributed by atoms with Gasteiger partial charge in [0.1, 0.15) is 0 Å². The fraction of sp³-hybridized carbons (Fsp3) is 0.588. The summed E-state index contributed by atoms with van der Waals surface area (Å²) in [6.45, 7) is 0.553. The van der Waals surface area contributed by atoms with Gasteiger partial charge in [0.2, 0.25) is 5.75 Å². The van der Waals surface area contributed by atoms with Gasteiger partial charge in [0.05, 0.1) is 21.3 Å². The standard InChI is InChI=1S/C17H26N2O4/c1-21-14-10-12(11-15(22-2)16(14)23-3)8-9-18-17(20)19-13-6-4-5-7-13/h10-11,13H,4-9H2,1-3H3,(H2,18,19,20). The second kappa shape index (κ2) is 8.50. The molecule has 2 rings (SSSR count). The molecule has 1 saturated carbocycles. The molecule has 0 aromatic heterocycles. The number of ether oxygens (including phenoxy) is 3. The highest BCUT2D eigenvalue weighted by molar-refractivity contribution is 5.74. The molecule has 1 aromatic rings. The number of amides is 2. The van der Waals surface area contributed by atoms with E-state index in [0.29, 0.717) is 36.3 Å². The third-order valence-corrected chi connectivity index (χ3v) is 4.11. The third-order valence-electron chi connectivity index (χ3n) is 4.11. The molecule has 1 aliphatic rings. The second-order valence-electron chi connectivity index (χ2n) is 5.67. The molecule has 0 spiro atoms. The van der Waals surface area contributed by atoms with Crippen LogP contribution in [-0.4, -0.2) is 39.9 Å². The molecule has 0 atom stereocenters. The molecule has 1 aromatic carbocycles. The largest absolute Gasteiger partial charge is 0.493 e. The summed E-state index contributed by atoms with van der Waals surface area (Å²) in [6, 6.07) is 4.04. The van der Waals surface area contributed by atoms with Crippen molar-refractivity contribution in [1.29, 1.82) is 0 Å². The van der Waals surface area contributed by atoms with Crippen molar-refractivity contribution < 1.29 is 19.0 Å². The molecular formula is C17H26N2O4. The Hall–Kier alpha value is -2.11. The second-order valence-corrected chi connectivity index (χ2v) is 5.67. The zero-order chi connectivity index (χ0) is 16.7. The minimum atomic E-state index is -0.0932. The number of benzene rings is 1. The number of hydrogen-bond donors (Lipinski definition) is 2. The van der Waals surface area contributed by atoms with Crippen molar-refractivity contribution in [2.75, 3.05) is 27.9 Å². The van der Waals surface area contributed by atoms with Gasteiger partial charge in [-0.2, -0.15) is 0 Å². The van der Waals surface area contributed by atoms with E-state index in [1.807, 2.05) is 12.1 Å². The van der Waals surface area contributed by atoms with Crippen LogP contribution in [0.4, 0.5) is 4.79 Å². The fourth-order valence-corrected chi connectivity index (χ4v) is 2.91. The molecule has 1 fully saturated rings. The molecule has 23 heavy (non-hydrogen) atoms. The summed E-state index contributed by atoms with van der Waals surface area (Å²) >= 11 is 0. The Morgan fingerprint density at radius 3 is 2.22 bits per heavy atom. The Labute approximate surface area is 137 Å². The monoisotopic (exact) mass is 322 g/mol. The van der Waals surface area contributed by atoms with Crippen molar-refractivity contribution >= 4 is 6.03 Å². The summed E-state index contributed by atoms with van der Waals surface area (Å²) in [7, 11) is 4.76. The topological polar surface area (TPSA) is 68.8 Å². The van der Waals surface area contributed by atoms with Crippen LogP contribution < -0.4 is 24.8 Å². The van der Waals surface area contributed by atoms with Gasteiger partial charge in [0.15, 0.2) is 11.5 Å². The molecule has 0 radical (unpaired) electrons. The first-order valence-corrected chi connectivity index (χ1v) is 8.01. The number of nitrogens with one attached hydrogen (secondary N) is 2. The van der Waals surface area contributed by atoms with Crippen LogP contribution >= 0.6 is 0 Å². The van der Waals surface area contributed by atoms with Gasteiger partial charge in [0.25, 0.3) is 0 Å². The first-order valence-electron chi connectivity index (χ1n) is 8.01. The molecule has 2 N–H and O–H groups in total. The lowest BCUT2D eigenvalue weighted by Crippen LogP contribution is -2.41. The number of urea groups is 1. The lowest BCUT2D eigenvalue weighted by atomic mass is 10.1. The maximum atomic E-state index is 11.8. The van der Waals surface area contributed by atoms with Crippen LogP contribution in [0.5, 0.6) is 17.2 Å². The van der Waals surface area contributed by atoms with Crippen molar-refractivity contribution in [3.05, 3.63) is 17.7 Å². The molecule has 0 heterocycles. The summed E-state index contributed by atoms with van der Waals surface area (Å²) in [5.74, 6) is 1.82. The Morgan fingerprint density at radius 2 is 1.70 bits per heavy atom. The SMILES string of the molecule is COc1cc(CCNC(=O)NC2CCCC2)cc(OC)c1OC. The Bertz CT molecular complexity index is 502. The summed E-state index contributed by atoms with van der Waals surface area (Å²) in [6.07, 6.45) is 5.27. The van der Waals surface area contributed by atoms with Gasteiger partial charge in [0, 0.05) is 12.6 Å². The van der Waals surface area contributed by atoms with Crippen molar-refractivity contribution in [1.82, 2.24) is 10.6 Å². The van der Waals surface area contributed by atoms with Gasteiger partial charge >= 0.3 is 6.03 Å². The average molecular weight is 322 g/mol. The predicted molar refractivity (Wildman–Crippen MR) is 88.6 cm³/mol. The molecule has 1 aliphatic carbocycles. The van der Waals surface area contributed by atoms with E-state index in [4.69, 9.17) is 14.2 Å². The van der Waals surface area contributed by atoms with Gasteiger partial charge in [-0.25, -0.2) is 4.79 Å². The minimum absolute atomic E-state index is 0.0932. The van der Waals surface area contributed by atoms with E-state index in [9.17, 15) is 4.79 Å². The highest BCUT2D eigenvalue weighted by atomic mass is 16.5. The van der Waals surface area contributed by atoms with Gasteiger partial charge < -0.3 is 24.8 Å². The molecule has 0 saturated heterocycles. The van der Waals surface area contributed by atoms with Crippen molar-refractivity contribution in [2.24, 2.45) is 0 Å². The van der Waals surface area contributed by atoms with Crippen LogP contribution in [0.1, 0.15) is 31.2 Å². The van der Waals surface area contributed by atoms with E-state index >= 15 is 0 Å². The summed E-state index contributed by atoms with van der Waals surface area (Å²) in [5.41, 5.74) is 1.01. The predicted octanol–water partition coefficient (Wildman–Crippen LogP) is 2.50. The van der Waals surface area contributed by atoms with E-state index in [1.165, 1.54) is 12.8 Å². The van der Waals surface area contributed by atoms with Crippen molar-refractivity contribution in [3.8, 4) is 17.2 Å². The van der Waals surface area contributed by atoms with E-state index in [0.717, 1.165) is 18.4 Å². The average Bonchev–Trinajstić information content (AvgIpc) is 3.06. The number of carbonyl (C=O) groups excluding carboxylic acids is 1. The molecule has 0 aliphatic heterocycles. The van der Waals surface area contributed by atoms with Crippen LogP contribution in [0.3, 0.4) is 0 Å². The Morgan fingerprint density at radius 1 is 1.09 bits per heavy atom. The van der Waals surface area contributed by atoms with Gasteiger partial charge in [-0.3, -0.25) is 0 Å². The highest BCUT2D eigenvalue weighted by Gasteiger charge is 2.17. The van der Waals surface area contributed by atoms with E-state index in [2.05, 4.69) is 10.6 Å². The van der Waals surface area contributed by atoms with E-state index in [1.54, 1.807) is 21.3 Å². The smallest absolute Gasteiger partial charge is 0.315 e. The molecule has 0 bridgehead atoms. The zero-order valence-corrected chi connectivity index (χ0v) is 14.1. The molecule has 6 heteroatoms. The first-order chi connectivity index (χ1) is 11.2. The molecular weight excluding hydrogens is 296 g/mol. The first kappa shape index (κ1) is 17.2. The van der Waals surface area contributed by atoms with Crippen molar-refractivity contribution in [3.63, 3.8) is 0 Å². The highest BCUT2D eigenvalue weighted by Crippen LogP contribution is 2.38. The maximum Gasteiger partial charge on any atom is 0.315 e. The number of methoxy groups -OCH3 is 3. The zero-order valence-electron chi connectivity index (χ0n) is 14.1.